The number of nitrogens with one attached hydrogen (secondary N) is 2. The van der Waals surface area contributed by atoms with Crippen molar-refractivity contribution in [1.82, 2.24) is 10.6 Å². The normalized spacial score (nSPS) is 14.7. The van der Waals surface area contributed by atoms with E-state index in [1.165, 1.54) is 0 Å². The Balaban J connectivity index is 0.000000315. The van der Waals surface area contributed by atoms with E-state index in [1.807, 2.05) is 37.3 Å². The molecule has 1 aliphatic heterocycles. The molecule has 116 valence electrons. The number of carbonyl (C=O) groups is 2. The van der Waals surface area contributed by atoms with Crippen molar-refractivity contribution in [2.24, 2.45) is 5.73 Å². The van der Waals surface area contributed by atoms with Gasteiger partial charge in [-0.2, -0.15) is 0 Å². The number of rotatable bonds is 4. The van der Waals surface area contributed by atoms with Crippen LogP contribution in [-0.4, -0.2) is 30.9 Å². The lowest BCUT2D eigenvalue weighted by Crippen LogP contribution is -2.42. The molecule has 0 bridgehead atoms. The Bertz CT molecular complexity index is 428. The van der Waals surface area contributed by atoms with Gasteiger partial charge in [0, 0.05) is 18.0 Å². The monoisotopic (exact) mass is 291 g/mol. The molecular weight excluding hydrogens is 266 g/mol. The Morgan fingerprint density at radius 3 is 2.33 bits per heavy atom. The van der Waals surface area contributed by atoms with Crippen LogP contribution in [0.2, 0.25) is 0 Å². The van der Waals surface area contributed by atoms with Crippen LogP contribution < -0.4 is 16.4 Å². The molecule has 21 heavy (non-hydrogen) atoms. The smallest absolute Gasteiger partial charge is 0.251 e. The van der Waals surface area contributed by atoms with Crippen molar-refractivity contribution in [2.75, 3.05) is 13.1 Å². The first-order valence-corrected chi connectivity index (χ1v) is 7.48. The predicted molar refractivity (Wildman–Crippen MR) is 83.9 cm³/mol. The van der Waals surface area contributed by atoms with Crippen LogP contribution in [0, 0.1) is 0 Å². The van der Waals surface area contributed by atoms with Crippen molar-refractivity contribution >= 4 is 11.8 Å². The van der Waals surface area contributed by atoms with Crippen LogP contribution in [0.15, 0.2) is 30.3 Å². The molecule has 5 nitrogen and oxygen atoms in total. The molecular formula is C16H25N3O2. The van der Waals surface area contributed by atoms with Crippen molar-refractivity contribution < 1.29 is 9.59 Å². The summed E-state index contributed by atoms with van der Waals surface area (Å²) in [6.07, 6.45) is 3.42. The van der Waals surface area contributed by atoms with E-state index in [-0.39, 0.29) is 11.8 Å². The third kappa shape index (κ3) is 7.46. The molecule has 0 unspecified atom stereocenters. The molecule has 1 saturated heterocycles. The summed E-state index contributed by atoms with van der Waals surface area (Å²) in [5, 5.41) is 6.33. The van der Waals surface area contributed by atoms with Crippen molar-refractivity contribution in [3.63, 3.8) is 0 Å². The van der Waals surface area contributed by atoms with E-state index in [0.29, 0.717) is 12.5 Å². The van der Waals surface area contributed by atoms with E-state index in [9.17, 15) is 9.59 Å². The maximum absolute atomic E-state index is 11.8. The van der Waals surface area contributed by atoms with Crippen LogP contribution >= 0.6 is 0 Å². The lowest BCUT2D eigenvalue weighted by atomic mass is 10.1. The van der Waals surface area contributed by atoms with Crippen LogP contribution in [0.25, 0.3) is 0 Å². The number of hydrogen-bond donors (Lipinski definition) is 3. The fraction of sp³-hybridized carbons (Fsp3) is 0.500. The Morgan fingerprint density at radius 2 is 1.86 bits per heavy atom. The molecule has 0 radical (unpaired) electrons. The van der Waals surface area contributed by atoms with Gasteiger partial charge in [-0.3, -0.25) is 9.59 Å². The Kier molecular flexibility index (Phi) is 8.12. The Hall–Kier alpha value is -1.88. The third-order valence-corrected chi connectivity index (χ3v) is 3.21. The van der Waals surface area contributed by atoms with Crippen LogP contribution in [0.4, 0.5) is 0 Å². The van der Waals surface area contributed by atoms with Gasteiger partial charge in [-0.05, 0) is 44.5 Å². The zero-order chi connectivity index (χ0) is 15.5. The molecule has 4 N–H and O–H groups in total. The largest absolute Gasteiger partial charge is 0.370 e. The first kappa shape index (κ1) is 17.2. The first-order chi connectivity index (χ1) is 10.1. The summed E-state index contributed by atoms with van der Waals surface area (Å²) in [4.78, 5) is 21.6. The Labute approximate surface area is 126 Å². The highest BCUT2D eigenvalue weighted by Gasteiger charge is 2.15. The van der Waals surface area contributed by atoms with E-state index in [4.69, 9.17) is 5.73 Å². The van der Waals surface area contributed by atoms with E-state index < -0.39 is 0 Å². The van der Waals surface area contributed by atoms with E-state index in [0.717, 1.165) is 37.9 Å². The first-order valence-electron chi connectivity index (χ1n) is 7.48. The van der Waals surface area contributed by atoms with Gasteiger partial charge >= 0.3 is 0 Å². The molecule has 0 aromatic heterocycles. The summed E-state index contributed by atoms with van der Waals surface area (Å²) >= 11 is 0. The number of carbonyl (C=O) groups excluding carboxylic acids is 2. The highest BCUT2D eigenvalue weighted by Crippen LogP contribution is 2.04. The van der Waals surface area contributed by atoms with Crippen molar-refractivity contribution in [1.29, 1.82) is 0 Å². The minimum absolute atomic E-state index is 0.0440. The molecule has 1 aliphatic rings. The van der Waals surface area contributed by atoms with Crippen LogP contribution in [0.3, 0.4) is 0 Å². The fourth-order valence-corrected chi connectivity index (χ4v) is 2.07. The number of hydrogen-bond acceptors (Lipinski definition) is 3. The fourth-order valence-electron chi connectivity index (χ4n) is 2.07. The summed E-state index contributed by atoms with van der Waals surface area (Å²) < 4.78 is 0. The number of benzene rings is 1. The lowest BCUT2D eigenvalue weighted by molar-refractivity contribution is -0.118. The minimum atomic E-state index is -0.211. The highest BCUT2D eigenvalue weighted by atomic mass is 16.2. The third-order valence-electron chi connectivity index (χ3n) is 3.21. The number of primary amides is 1. The van der Waals surface area contributed by atoms with Gasteiger partial charge in [0.15, 0.2) is 0 Å². The van der Waals surface area contributed by atoms with Crippen molar-refractivity contribution in [3.8, 4) is 0 Å². The predicted octanol–water partition coefficient (Wildman–Crippen LogP) is 1.44. The van der Waals surface area contributed by atoms with Crippen molar-refractivity contribution in [2.45, 2.75) is 38.6 Å². The summed E-state index contributed by atoms with van der Waals surface area (Å²) in [6, 6.07) is 9.71. The molecule has 0 atom stereocenters. The van der Waals surface area contributed by atoms with E-state index in [1.54, 1.807) is 0 Å². The number of amides is 2. The van der Waals surface area contributed by atoms with Gasteiger partial charge in [0.2, 0.25) is 5.91 Å². The second-order valence-electron chi connectivity index (χ2n) is 5.08. The average Bonchev–Trinajstić information content (AvgIpc) is 2.49. The maximum atomic E-state index is 11.8. The summed E-state index contributed by atoms with van der Waals surface area (Å²) in [6.45, 7) is 3.92. The zero-order valence-electron chi connectivity index (χ0n) is 12.6. The standard InChI is InChI=1S/C12H16N2O.C4H9NO/c15-12(10-4-2-1-3-5-10)14-11-6-8-13-9-7-11;1-2-3-4(5)6/h1-5,11,13H,6-9H2,(H,14,15);2-3H2,1H3,(H2,5,6). The molecule has 5 heteroatoms. The van der Waals surface area contributed by atoms with Gasteiger partial charge in [-0.25, -0.2) is 0 Å². The van der Waals surface area contributed by atoms with Gasteiger partial charge in [0.25, 0.3) is 5.91 Å². The van der Waals surface area contributed by atoms with E-state index >= 15 is 0 Å². The molecule has 1 fully saturated rings. The molecule has 1 aromatic rings. The molecule has 0 saturated carbocycles. The molecule has 0 spiro atoms. The molecule has 1 aromatic carbocycles. The molecule has 1 heterocycles. The summed E-state index contributed by atoms with van der Waals surface area (Å²) in [5.41, 5.74) is 5.51. The molecule has 2 rings (SSSR count). The SMILES string of the molecule is CCCC(N)=O.O=C(NC1CCNCC1)c1ccccc1. The Morgan fingerprint density at radius 1 is 1.24 bits per heavy atom. The summed E-state index contributed by atoms with van der Waals surface area (Å²) in [5.74, 6) is -0.167. The summed E-state index contributed by atoms with van der Waals surface area (Å²) in [7, 11) is 0. The zero-order valence-corrected chi connectivity index (χ0v) is 12.6. The second-order valence-corrected chi connectivity index (χ2v) is 5.08. The van der Waals surface area contributed by atoms with Gasteiger partial charge in [-0.1, -0.05) is 25.1 Å². The molecule has 2 amide bonds. The van der Waals surface area contributed by atoms with Crippen LogP contribution in [0.1, 0.15) is 43.0 Å². The minimum Gasteiger partial charge on any atom is -0.370 e. The topological polar surface area (TPSA) is 84.2 Å². The van der Waals surface area contributed by atoms with Crippen molar-refractivity contribution in [3.05, 3.63) is 35.9 Å². The lowest BCUT2D eigenvalue weighted by Gasteiger charge is -2.23. The second kappa shape index (κ2) is 9.94. The number of nitrogens with two attached hydrogens (primary N) is 1. The van der Waals surface area contributed by atoms with Gasteiger partial charge in [0.05, 0.1) is 0 Å². The average molecular weight is 291 g/mol. The van der Waals surface area contributed by atoms with Gasteiger partial charge in [0.1, 0.15) is 0 Å². The van der Waals surface area contributed by atoms with Gasteiger partial charge < -0.3 is 16.4 Å². The maximum Gasteiger partial charge on any atom is 0.251 e. The number of piperidine rings is 1. The van der Waals surface area contributed by atoms with Crippen LogP contribution in [-0.2, 0) is 4.79 Å². The highest BCUT2D eigenvalue weighted by molar-refractivity contribution is 5.94. The quantitative estimate of drug-likeness (QED) is 0.785. The van der Waals surface area contributed by atoms with Crippen LogP contribution in [0.5, 0.6) is 0 Å². The molecule has 0 aliphatic carbocycles. The van der Waals surface area contributed by atoms with E-state index in [2.05, 4.69) is 10.6 Å². The van der Waals surface area contributed by atoms with Gasteiger partial charge in [-0.15, -0.1) is 0 Å².